The monoisotopic (exact) mass is 134 g/mol. The number of ether oxygens (including phenoxy) is 2. The van der Waals surface area contributed by atoms with Crippen molar-refractivity contribution in [1.29, 1.82) is 0 Å². The Hall–Kier alpha value is -0.220. The van der Waals surface area contributed by atoms with Crippen LogP contribution in [0.5, 0.6) is 0 Å². The molecule has 1 saturated heterocycles. The predicted molar refractivity (Wildman–Crippen MR) is 29.3 cm³/mol. The predicted octanol–water partition coefficient (Wildman–Crippen LogP) is 0.206. The molecule has 1 heterocycles. The summed E-state index contributed by atoms with van der Waals surface area (Å²) in [4.78, 5) is 9.65. The van der Waals surface area contributed by atoms with E-state index in [1.807, 2.05) is 0 Å². The van der Waals surface area contributed by atoms with Crippen LogP contribution in [0, 0.1) is 0 Å². The van der Waals surface area contributed by atoms with Crippen molar-refractivity contribution in [2.75, 3.05) is 11.7 Å². The summed E-state index contributed by atoms with van der Waals surface area (Å²) in [5, 5.41) is 0. The maximum atomic E-state index is 9.65. The molecule has 0 aromatic rings. The lowest BCUT2D eigenvalue weighted by molar-refractivity contribution is -0.151. The van der Waals surface area contributed by atoms with E-state index in [2.05, 4.69) is 4.74 Å². The molecule has 1 atom stereocenters. The van der Waals surface area contributed by atoms with E-state index in [1.165, 1.54) is 0 Å². The van der Waals surface area contributed by atoms with Gasteiger partial charge in [0.1, 0.15) is 0 Å². The molecule has 0 amide bonds. The summed E-state index contributed by atoms with van der Waals surface area (Å²) in [5.74, 6) is 1.40. The van der Waals surface area contributed by atoms with Crippen molar-refractivity contribution in [2.24, 2.45) is 0 Å². The number of carbonyl (C=O) groups excluding carboxylic acids is 1. The van der Waals surface area contributed by atoms with Crippen molar-refractivity contribution in [3.8, 4) is 0 Å². The average Bonchev–Trinajstić information content (AvgIpc) is 2.19. The minimum Gasteiger partial charge on any atom is -0.437 e. The van der Waals surface area contributed by atoms with Gasteiger partial charge in [-0.2, -0.15) is 0 Å². The quantitative estimate of drug-likeness (QED) is 0.505. The summed E-state index contributed by atoms with van der Waals surface area (Å²) < 4.78 is 9.38. The highest BCUT2D eigenvalue weighted by Gasteiger charge is 2.15. The van der Waals surface area contributed by atoms with Crippen LogP contribution in [-0.4, -0.2) is 24.5 Å². The molecule has 0 unspecified atom stereocenters. The van der Waals surface area contributed by atoms with E-state index < -0.39 is 0 Å². The van der Waals surface area contributed by atoms with Gasteiger partial charge in [0.25, 0.3) is 6.47 Å². The van der Waals surface area contributed by atoms with E-state index in [4.69, 9.17) is 4.74 Å². The Morgan fingerprint density at radius 2 is 2.75 bits per heavy atom. The van der Waals surface area contributed by atoms with Gasteiger partial charge in [0.05, 0.1) is 11.7 Å². The molecule has 1 fully saturated rings. The normalized spacial score (nSPS) is 27.8. The van der Waals surface area contributed by atoms with Gasteiger partial charge in [-0.15, -0.1) is 11.8 Å². The third-order valence-corrected chi connectivity index (χ3v) is 1.61. The smallest absolute Gasteiger partial charge is 0.295 e. The van der Waals surface area contributed by atoms with Gasteiger partial charge in [0, 0.05) is 0 Å². The second kappa shape index (κ2) is 2.94. The van der Waals surface area contributed by atoms with Gasteiger partial charge in [-0.1, -0.05) is 0 Å². The van der Waals surface area contributed by atoms with Crippen molar-refractivity contribution in [3.05, 3.63) is 0 Å². The lowest BCUT2D eigenvalue weighted by Gasteiger charge is -2.02. The standard InChI is InChI=1S/C4H6O3S/c5-2-6-4-1-8-3-7-4/h2,4H,1,3H2/t4-/m1/s1. The second-order valence-electron chi connectivity index (χ2n) is 1.32. The Bertz CT molecular complexity index is 79.4. The van der Waals surface area contributed by atoms with Crippen LogP contribution in [0.3, 0.4) is 0 Å². The fourth-order valence-electron chi connectivity index (χ4n) is 0.457. The maximum absolute atomic E-state index is 9.65. The van der Waals surface area contributed by atoms with Crippen molar-refractivity contribution in [2.45, 2.75) is 6.29 Å². The molecule has 3 nitrogen and oxygen atoms in total. The average molecular weight is 134 g/mol. The summed E-state index contributed by atoms with van der Waals surface area (Å²) in [6.45, 7) is 0.413. The summed E-state index contributed by atoms with van der Waals surface area (Å²) in [6, 6.07) is 0. The van der Waals surface area contributed by atoms with Crippen molar-refractivity contribution < 1.29 is 14.3 Å². The Kier molecular flexibility index (Phi) is 2.17. The Balaban J connectivity index is 2.14. The van der Waals surface area contributed by atoms with Gasteiger partial charge < -0.3 is 9.47 Å². The molecule has 4 heteroatoms. The van der Waals surface area contributed by atoms with Gasteiger partial charge in [-0.05, 0) is 0 Å². The zero-order valence-corrected chi connectivity index (χ0v) is 5.02. The van der Waals surface area contributed by atoms with Crippen LogP contribution < -0.4 is 0 Å². The molecule has 0 saturated carbocycles. The summed E-state index contributed by atoms with van der Waals surface area (Å²) in [6.07, 6.45) is -0.294. The van der Waals surface area contributed by atoms with Crippen LogP contribution in [0.15, 0.2) is 0 Å². The molecule has 0 radical (unpaired) electrons. The number of carbonyl (C=O) groups is 1. The molecule has 0 N–H and O–H groups in total. The molecular weight excluding hydrogens is 128 g/mol. The van der Waals surface area contributed by atoms with E-state index in [9.17, 15) is 4.79 Å². The number of hydrogen-bond donors (Lipinski definition) is 0. The molecule has 1 aliphatic rings. The first-order valence-electron chi connectivity index (χ1n) is 2.22. The fraction of sp³-hybridized carbons (Fsp3) is 0.750. The Morgan fingerprint density at radius 3 is 3.25 bits per heavy atom. The highest BCUT2D eigenvalue weighted by molar-refractivity contribution is 7.99. The van der Waals surface area contributed by atoms with Crippen LogP contribution in [0.2, 0.25) is 0 Å². The SMILES string of the molecule is O=CO[C@H]1CSCO1. The topological polar surface area (TPSA) is 35.5 Å². The van der Waals surface area contributed by atoms with Gasteiger partial charge in [-0.3, -0.25) is 4.79 Å². The highest BCUT2D eigenvalue weighted by Crippen LogP contribution is 2.15. The molecule has 1 aliphatic heterocycles. The highest BCUT2D eigenvalue weighted by atomic mass is 32.2. The van der Waals surface area contributed by atoms with Crippen molar-refractivity contribution >= 4 is 18.2 Å². The maximum Gasteiger partial charge on any atom is 0.295 e. The second-order valence-corrected chi connectivity index (χ2v) is 2.29. The molecule has 1 rings (SSSR count). The minimum atomic E-state index is -0.294. The van der Waals surface area contributed by atoms with E-state index in [-0.39, 0.29) is 6.29 Å². The van der Waals surface area contributed by atoms with Crippen LogP contribution in [0.4, 0.5) is 0 Å². The minimum absolute atomic E-state index is 0.294. The summed E-state index contributed by atoms with van der Waals surface area (Å²) in [5.41, 5.74) is 0. The van der Waals surface area contributed by atoms with Crippen LogP contribution in [0.25, 0.3) is 0 Å². The van der Waals surface area contributed by atoms with Crippen LogP contribution in [0.1, 0.15) is 0 Å². The zero-order valence-electron chi connectivity index (χ0n) is 4.20. The third kappa shape index (κ3) is 1.38. The molecular formula is C4H6O3S. The van der Waals surface area contributed by atoms with E-state index in [0.717, 1.165) is 5.75 Å². The van der Waals surface area contributed by atoms with Crippen LogP contribution >= 0.6 is 11.8 Å². The molecule has 0 aromatic heterocycles. The third-order valence-electron chi connectivity index (χ3n) is 0.799. The molecule has 0 aliphatic carbocycles. The molecule has 8 heavy (non-hydrogen) atoms. The number of hydrogen-bond acceptors (Lipinski definition) is 4. The van der Waals surface area contributed by atoms with E-state index >= 15 is 0 Å². The molecule has 0 spiro atoms. The first-order valence-corrected chi connectivity index (χ1v) is 3.37. The van der Waals surface area contributed by atoms with Crippen LogP contribution in [-0.2, 0) is 14.3 Å². The first kappa shape index (κ1) is 5.91. The van der Waals surface area contributed by atoms with Gasteiger partial charge in [-0.25, -0.2) is 0 Å². The Morgan fingerprint density at radius 1 is 1.88 bits per heavy atom. The van der Waals surface area contributed by atoms with Gasteiger partial charge in [0.15, 0.2) is 0 Å². The largest absolute Gasteiger partial charge is 0.437 e. The van der Waals surface area contributed by atoms with E-state index in [1.54, 1.807) is 11.8 Å². The summed E-state index contributed by atoms with van der Waals surface area (Å²) >= 11 is 1.62. The van der Waals surface area contributed by atoms with Crippen molar-refractivity contribution in [1.82, 2.24) is 0 Å². The van der Waals surface area contributed by atoms with E-state index in [0.29, 0.717) is 12.4 Å². The summed E-state index contributed by atoms with van der Waals surface area (Å²) in [7, 11) is 0. The first-order chi connectivity index (χ1) is 3.93. The Labute approximate surface area is 51.3 Å². The molecule has 46 valence electrons. The number of rotatable bonds is 2. The van der Waals surface area contributed by atoms with Gasteiger partial charge in [0.2, 0.25) is 6.29 Å². The molecule has 0 aromatic carbocycles. The zero-order chi connectivity index (χ0) is 5.82. The van der Waals surface area contributed by atoms with Crippen molar-refractivity contribution in [3.63, 3.8) is 0 Å². The lowest BCUT2D eigenvalue weighted by atomic mass is 10.7. The lowest BCUT2D eigenvalue weighted by Crippen LogP contribution is -2.11. The fourth-order valence-corrected chi connectivity index (χ4v) is 1.17. The number of thioether (sulfide) groups is 1. The molecule has 0 bridgehead atoms. The van der Waals surface area contributed by atoms with Gasteiger partial charge >= 0.3 is 0 Å².